The number of hydrogen-bond donors (Lipinski definition) is 2. The summed E-state index contributed by atoms with van der Waals surface area (Å²) in [6.45, 7) is 0.642. The number of hydrogen-bond acceptors (Lipinski definition) is 3. The SMILES string of the molecule is CNC(=O)c1ccc(N(C)Cc2ccccc2Cl)c(N)c1. The van der Waals surface area contributed by atoms with Gasteiger partial charge in [0.2, 0.25) is 0 Å². The van der Waals surface area contributed by atoms with Crippen molar-refractivity contribution in [2.24, 2.45) is 0 Å². The van der Waals surface area contributed by atoms with E-state index in [2.05, 4.69) is 5.32 Å². The number of nitrogens with one attached hydrogen (secondary N) is 1. The van der Waals surface area contributed by atoms with Crippen LogP contribution in [0.4, 0.5) is 11.4 Å². The van der Waals surface area contributed by atoms with Crippen molar-refractivity contribution >= 4 is 28.9 Å². The third-order valence-corrected chi connectivity index (χ3v) is 3.66. The molecule has 0 aliphatic carbocycles. The number of nitrogens with zero attached hydrogens (tertiary/aromatic N) is 1. The van der Waals surface area contributed by atoms with E-state index in [0.29, 0.717) is 17.8 Å². The third-order valence-electron chi connectivity index (χ3n) is 3.29. The topological polar surface area (TPSA) is 58.4 Å². The molecule has 2 aromatic carbocycles. The standard InChI is InChI=1S/C16H18ClN3O/c1-19-16(21)11-7-8-15(14(18)9-11)20(2)10-12-5-3-4-6-13(12)17/h3-9H,10,18H2,1-2H3,(H,19,21). The van der Waals surface area contributed by atoms with Gasteiger partial charge in [-0.05, 0) is 29.8 Å². The van der Waals surface area contributed by atoms with E-state index in [4.69, 9.17) is 17.3 Å². The van der Waals surface area contributed by atoms with Crippen LogP contribution in [0.2, 0.25) is 5.02 Å². The minimum Gasteiger partial charge on any atom is -0.397 e. The van der Waals surface area contributed by atoms with Crippen LogP contribution in [0.25, 0.3) is 0 Å². The van der Waals surface area contributed by atoms with E-state index in [0.717, 1.165) is 16.3 Å². The number of nitrogens with two attached hydrogens (primary N) is 1. The van der Waals surface area contributed by atoms with Gasteiger partial charge in [-0.15, -0.1) is 0 Å². The first-order valence-electron chi connectivity index (χ1n) is 6.59. The summed E-state index contributed by atoms with van der Waals surface area (Å²) < 4.78 is 0. The molecule has 3 N–H and O–H groups in total. The van der Waals surface area contributed by atoms with Crippen molar-refractivity contribution < 1.29 is 4.79 Å². The summed E-state index contributed by atoms with van der Waals surface area (Å²) in [5.74, 6) is -0.151. The minimum absolute atomic E-state index is 0.151. The van der Waals surface area contributed by atoms with Gasteiger partial charge in [0.15, 0.2) is 0 Å². The summed E-state index contributed by atoms with van der Waals surface area (Å²) in [6.07, 6.45) is 0. The predicted molar refractivity (Wildman–Crippen MR) is 87.8 cm³/mol. The summed E-state index contributed by atoms with van der Waals surface area (Å²) in [5.41, 5.74) is 9.05. The van der Waals surface area contributed by atoms with Gasteiger partial charge < -0.3 is 16.0 Å². The fourth-order valence-corrected chi connectivity index (χ4v) is 2.35. The van der Waals surface area contributed by atoms with Crippen molar-refractivity contribution in [1.29, 1.82) is 0 Å². The van der Waals surface area contributed by atoms with Gasteiger partial charge >= 0.3 is 0 Å². The van der Waals surface area contributed by atoms with E-state index in [1.54, 1.807) is 19.2 Å². The minimum atomic E-state index is -0.151. The van der Waals surface area contributed by atoms with Crippen molar-refractivity contribution in [2.45, 2.75) is 6.54 Å². The zero-order chi connectivity index (χ0) is 15.4. The van der Waals surface area contributed by atoms with Crippen LogP contribution in [-0.4, -0.2) is 20.0 Å². The first-order valence-corrected chi connectivity index (χ1v) is 6.97. The van der Waals surface area contributed by atoms with Crippen molar-refractivity contribution in [3.05, 3.63) is 58.6 Å². The highest BCUT2D eigenvalue weighted by molar-refractivity contribution is 6.31. The maximum absolute atomic E-state index is 11.6. The molecule has 2 rings (SSSR count). The molecular weight excluding hydrogens is 286 g/mol. The smallest absolute Gasteiger partial charge is 0.251 e. The number of anilines is 2. The second kappa shape index (κ2) is 6.50. The average Bonchev–Trinajstić information content (AvgIpc) is 2.48. The molecule has 0 saturated heterocycles. The Hall–Kier alpha value is -2.20. The van der Waals surface area contributed by atoms with Crippen LogP contribution >= 0.6 is 11.6 Å². The van der Waals surface area contributed by atoms with Crippen molar-refractivity contribution in [2.75, 3.05) is 24.7 Å². The predicted octanol–water partition coefficient (Wildman–Crippen LogP) is 2.92. The van der Waals surface area contributed by atoms with E-state index in [1.807, 2.05) is 42.3 Å². The van der Waals surface area contributed by atoms with Gasteiger partial charge in [-0.1, -0.05) is 29.8 Å². The Bertz CT molecular complexity index is 658. The molecule has 0 atom stereocenters. The van der Waals surface area contributed by atoms with Crippen LogP contribution in [0, 0.1) is 0 Å². The number of amides is 1. The van der Waals surface area contributed by atoms with Gasteiger partial charge in [0, 0.05) is 31.2 Å². The number of nitrogen functional groups attached to an aromatic ring is 1. The van der Waals surface area contributed by atoms with Gasteiger partial charge in [0.25, 0.3) is 5.91 Å². The lowest BCUT2D eigenvalue weighted by molar-refractivity contribution is 0.0963. The number of carbonyl (C=O) groups excluding carboxylic acids is 1. The Balaban J connectivity index is 2.22. The molecule has 0 aromatic heterocycles. The molecule has 110 valence electrons. The molecular formula is C16H18ClN3O. The molecule has 0 unspecified atom stereocenters. The summed E-state index contributed by atoms with van der Waals surface area (Å²) >= 11 is 6.17. The lowest BCUT2D eigenvalue weighted by Crippen LogP contribution is -2.20. The first-order chi connectivity index (χ1) is 10.0. The highest BCUT2D eigenvalue weighted by Crippen LogP contribution is 2.26. The second-order valence-corrected chi connectivity index (χ2v) is 5.21. The normalized spacial score (nSPS) is 10.2. The average molecular weight is 304 g/mol. The van der Waals surface area contributed by atoms with Crippen LogP contribution in [0.5, 0.6) is 0 Å². The quantitative estimate of drug-likeness (QED) is 0.854. The molecule has 0 fully saturated rings. The maximum atomic E-state index is 11.6. The molecule has 0 heterocycles. The summed E-state index contributed by atoms with van der Waals surface area (Å²) in [4.78, 5) is 13.6. The Morgan fingerprint density at radius 2 is 2.00 bits per heavy atom. The van der Waals surface area contributed by atoms with Crippen molar-refractivity contribution in [3.63, 3.8) is 0 Å². The molecule has 0 bridgehead atoms. The summed E-state index contributed by atoms with van der Waals surface area (Å²) in [6, 6.07) is 13.0. The molecule has 2 aromatic rings. The van der Waals surface area contributed by atoms with Gasteiger partial charge in [-0.2, -0.15) is 0 Å². The van der Waals surface area contributed by atoms with E-state index in [-0.39, 0.29) is 5.91 Å². The Morgan fingerprint density at radius 3 is 2.62 bits per heavy atom. The van der Waals surface area contributed by atoms with Crippen LogP contribution in [0.1, 0.15) is 15.9 Å². The number of halogens is 1. The molecule has 0 aliphatic heterocycles. The van der Waals surface area contributed by atoms with Crippen molar-refractivity contribution in [3.8, 4) is 0 Å². The summed E-state index contributed by atoms with van der Waals surface area (Å²) in [7, 11) is 3.53. The molecule has 0 saturated carbocycles. The zero-order valence-electron chi connectivity index (χ0n) is 12.1. The van der Waals surface area contributed by atoms with Gasteiger partial charge in [-0.3, -0.25) is 4.79 Å². The Labute approximate surface area is 129 Å². The summed E-state index contributed by atoms with van der Waals surface area (Å²) in [5, 5.41) is 3.31. The Kier molecular flexibility index (Phi) is 4.70. The molecule has 1 amide bonds. The van der Waals surface area contributed by atoms with Crippen LogP contribution in [0.3, 0.4) is 0 Å². The molecule has 4 nitrogen and oxygen atoms in total. The lowest BCUT2D eigenvalue weighted by atomic mass is 10.1. The van der Waals surface area contributed by atoms with E-state index in [9.17, 15) is 4.79 Å². The second-order valence-electron chi connectivity index (χ2n) is 4.80. The number of rotatable bonds is 4. The lowest BCUT2D eigenvalue weighted by Gasteiger charge is -2.22. The highest BCUT2D eigenvalue weighted by atomic mass is 35.5. The number of carbonyl (C=O) groups is 1. The fraction of sp³-hybridized carbons (Fsp3) is 0.188. The molecule has 5 heteroatoms. The molecule has 0 radical (unpaired) electrons. The van der Waals surface area contributed by atoms with Gasteiger partial charge in [0.05, 0.1) is 11.4 Å². The van der Waals surface area contributed by atoms with Crippen LogP contribution < -0.4 is 16.0 Å². The largest absolute Gasteiger partial charge is 0.397 e. The molecule has 0 spiro atoms. The highest BCUT2D eigenvalue weighted by Gasteiger charge is 2.11. The van der Waals surface area contributed by atoms with E-state index >= 15 is 0 Å². The Morgan fingerprint density at radius 1 is 1.29 bits per heavy atom. The van der Waals surface area contributed by atoms with Crippen LogP contribution in [0.15, 0.2) is 42.5 Å². The molecule has 0 aliphatic rings. The monoisotopic (exact) mass is 303 g/mol. The van der Waals surface area contributed by atoms with Crippen molar-refractivity contribution in [1.82, 2.24) is 5.32 Å². The zero-order valence-corrected chi connectivity index (χ0v) is 12.8. The maximum Gasteiger partial charge on any atom is 0.251 e. The van der Waals surface area contributed by atoms with E-state index in [1.165, 1.54) is 0 Å². The first kappa shape index (κ1) is 15.2. The fourth-order valence-electron chi connectivity index (χ4n) is 2.16. The number of benzene rings is 2. The molecule has 21 heavy (non-hydrogen) atoms. The third kappa shape index (κ3) is 3.47. The van der Waals surface area contributed by atoms with Gasteiger partial charge in [-0.25, -0.2) is 0 Å². The van der Waals surface area contributed by atoms with Crippen LogP contribution in [-0.2, 0) is 6.54 Å². The van der Waals surface area contributed by atoms with Gasteiger partial charge in [0.1, 0.15) is 0 Å². The van der Waals surface area contributed by atoms with E-state index < -0.39 is 0 Å².